The van der Waals surface area contributed by atoms with Crippen molar-refractivity contribution < 1.29 is 19.0 Å². The van der Waals surface area contributed by atoms with Gasteiger partial charge in [-0.05, 0) is 51.6 Å². The van der Waals surface area contributed by atoms with E-state index in [0.29, 0.717) is 12.5 Å². The molecule has 1 rings (SSSR count). The zero-order valence-corrected chi connectivity index (χ0v) is 24.6. The van der Waals surface area contributed by atoms with E-state index in [1.165, 1.54) is 90.6 Å². The minimum atomic E-state index is -0.101. The fraction of sp³-hybridized carbons (Fsp3) is 0.968. The predicted molar refractivity (Wildman–Crippen MR) is 152 cm³/mol. The quantitative estimate of drug-likeness (QED) is 0.0831. The molecule has 0 aliphatic heterocycles. The van der Waals surface area contributed by atoms with E-state index in [9.17, 15) is 4.79 Å². The molecule has 1 aliphatic carbocycles. The molecule has 3 atom stereocenters. The van der Waals surface area contributed by atoms with Crippen LogP contribution in [0.1, 0.15) is 129 Å². The van der Waals surface area contributed by atoms with Crippen molar-refractivity contribution >= 4 is 5.97 Å². The topological polar surface area (TPSA) is 48.0 Å². The zero-order chi connectivity index (χ0) is 26.3. The molecule has 214 valence electrons. The Morgan fingerprint density at radius 3 is 1.69 bits per heavy atom. The lowest BCUT2D eigenvalue weighted by Gasteiger charge is -2.24. The lowest BCUT2D eigenvalue weighted by Crippen LogP contribution is -2.37. The highest BCUT2D eigenvalue weighted by Gasteiger charge is 2.34. The molecule has 5 heteroatoms. The van der Waals surface area contributed by atoms with Crippen LogP contribution in [0.5, 0.6) is 0 Å². The Kier molecular flexibility index (Phi) is 21.8. The van der Waals surface area contributed by atoms with E-state index in [0.717, 1.165) is 70.4 Å². The van der Waals surface area contributed by atoms with Crippen molar-refractivity contribution in [1.82, 2.24) is 4.90 Å². The summed E-state index contributed by atoms with van der Waals surface area (Å²) in [4.78, 5) is 13.3. The second kappa shape index (κ2) is 23.5. The van der Waals surface area contributed by atoms with Crippen LogP contribution in [0.2, 0.25) is 0 Å². The second-order valence-electron chi connectivity index (χ2n) is 11.4. The number of likely N-dealkylation sites (N-methyl/N-ethyl adjacent to an activating group) is 1. The summed E-state index contributed by atoms with van der Waals surface area (Å²) in [6.07, 6.45) is 24.3. The van der Waals surface area contributed by atoms with Crippen molar-refractivity contribution in [2.24, 2.45) is 11.8 Å². The molecule has 0 saturated heterocycles. The van der Waals surface area contributed by atoms with E-state index in [1.807, 2.05) is 0 Å². The van der Waals surface area contributed by atoms with Gasteiger partial charge in [-0.25, -0.2) is 0 Å². The van der Waals surface area contributed by atoms with Crippen LogP contribution in [0.4, 0.5) is 0 Å². The highest BCUT2D eigenvalue weighted by Crippen LogP contribution is 2.45. The van der Waals surface area contributed by atoms with Gasteiger partial charge in [-0.1, -0.05) is 96.8 Å². The van der Waals surface area contributed by atoms with Gasteiger partial charge in [0.15, 0.2) is 0 Å². The number of esters is 1. The molecule has 1 aliphatic rings. The summed E-state index contributed by atoms with van der Waals surface area (Å²) < 4.78 is 16.6. The Balaban J connectivity index is 1.84. The summed E-state index contributed by atoms with van der Waals surface area (Å²) in [5, 5.41) is 0. The first-order chi connectivity index (χ1) is 17.6. The van der Waals surface area contributed by atoms with Gasteiger partial charge >= 0.3 is 5.97 Å². The van der Waals surface area contributed by atoms with Gasteiger partial charge < -0.3 is 19.1 Å². The molecule has 0 heterocycles. The number of hydrogen-bond donors (Lipinski definition) is 0. The van der Waals surface area contributed by atoms with Gasteiger partial charge in [0.1, 0.15) is 0 Å². The molecular weight excluding hydrogens is 450 g/mol. The maximum absolute atomic E-state index is 11.1. The van der Waals surface area contributed by atoms with Crippen molar-refractivity contribution in [1.29, 1.82) is 0 Å². The summed E-state index contributed by atoms with van der Waals surface area (Å²) in [6.45, 7) is 5.46. The van der Waals surface area contributed by atoms with Crippen molar-refractivity contribution in [2.45, 2.75) is 135 Å². The van der Waals surface area contributed by atoms with Crippen molar-refractivity contribution in [3.63, 3.8) is 0 Å². The number of carbonyl (C=O) groups excluding carboxylic acids is 1. The van der Waals surface area contributed by atoms with Crippen LogP contribution in [0.25, 0.3) is 0 Å². The zero-order valence-electron chi connectivity index (χ0n) is 24.6. The van der Waals surface area contributed by atoms with E-state index in [4.69, 9.17) is 9.47 Å². The van der Waals surface area contributed by atoms with Gasteiger partial charge in [0.25, 0.3) is 0 Å². The maximum atomic E-state index is 11.1. The van der Waals surface area contributed by atoms with Gasteiger partial charge in [0, 0.05) is 19.6 Å². The normalized spacial score (nSPS) is 18.0. The number of methoxy groups -OCH3 is 1. The van der Waals surface area contributed by atoms with E-state index >= 15 is 0 Å². The van der Waals surface area contributed by atoms with Gasteiger partial charge in [0.2, 0.25) is 0 Å². The number of ether oxygens (including phenoxy) is 3. The second-order valence-corrected chi connectivity index (χ2v) is 11.4. The van der Waals surface area contributed by atoms with Crippen LogP contribution < -0.4 is 0 Å². The van der Waals surface area contributed by atoms with E-state index in [1.54, 1.807) is 0 Å². The standard InChI is InChI=1S/C31H61NO4/c1-5-6-7-15-20-28-25-29(28)21-16-11-8-9-13-18-23-35-26-30(32(2)3)27-36-24-19-14-10-12-17-22-31(33)34-4/h28-30H,5-27H2,1-4H3. The van der Waals surface area contributed by atoms with Crippen molar-refractivity contribution in [3.8, 4) is 0 Å². The van der Waals surface area contributed by atoms with E-state index in [-0.39, 0.29) is 5.97 Å². The first kappa shape index (κ1) is 33.4. The molecule has 1 saturated carbocycles. The summed E-state index contributed by atoms with van der Waals surface area (Å²) in [5.74, 6) is 2.07. The minimum absolute atomic E-state index is 0.101. The molecule has 0 amide bonds. The Labute approximate surface area is 224 Å². The van der Waals surface area contributed by atoms with Crippen LogP contribution in [0.15, 0.2) is 0 Å². The summed E-state index contributed by atoms with van der Waals surface area (Å²) in [7, 11) is 5.66. The van der Waals surface area contributed by atoms with Crippen LogP contribution in [0, 0.1) is 11.8 Å². The molecule has 36 heavy (non-hydrogen) atoms. The number of rotatable bonds is 27. The van der Waals surface area contributed by atoms with E-state index < -0.39 is 0 Å². The molecule has 0 aromatic heterocycles. The smallest absolute Gasteiger partial charge is 0.305 e. The molecule has 0 aromatic carbocycles. The average molecular weight is 512 g/mol. The Morgan fingerprint density at radius 2 is 1.19 bits per heavy atom. The lowest BCUT2D eigenvalue weighted by molar-refractivity contribution is -0.140. The van der Waals surface area contributed by atoms with E-state index in [2.05, 4.69) is 30.7 Å². The SMILES string of the molecule is CCCCCCC1CC1CCCCCCCCOCC(COCCCCCCCC(=O)OC)N(C)C. The molecule has 0 radical (unpaired) electrons. The fourth-order valence-corrected chi connectivity index (χ4v) is 5.06. The number of unbranched alkanes of at least 4 members (excludes halogenated alkanes) is 12. The summed E-state index contributed by atoms with van der Waals surface area (Å²) in [6, 6.07) is 0.322. The van der Waals surface area contributed by atoms with Gasteiger partial charge in [-0.2, -0.15) is 0 Å². The summed E-state index contributed by atoms with van der Waals surface area (Å²) >= 11 is 0. The Hall–Kier alpha value is -0.650. The molecule has 0 spiro atoms. The number of hydrogen-bond acceptors (Lipinski definition) is 5. The highest BCUT2D eigenvalue weighted by molar-refractivity contribution is 5.68. The maximum Gasteiger partial charge on any atom is 0.305 e. The highest BCUT2D eigenvalue weighted by atomic mass is 16.5. The van der Waals surface area contributed by atoms with Crippen LogP contribution in [-0.2, 0) is 19.0 Å². The monoisotopic (exact) mass is 511 g/mol. The minimum Gasteiger partial charge on any atom is -0.469 e. The van der Waals surface area contributed by atoms with Crippen molar-refractivity contribution in [2.75, 3.05) is 47.6 Å². The molecule has 5 nitrogen and oxygen atoms in total. The molecule has 3 unspecified atom stereocenters. The fourth-order valence-electron chi connectivity index (χ4n) is 5.06. The third-order valence-corrected chi connectivity index (χ3v) is 7.86. The van der Waals surface area contributed by atoms with Crippen LogP contribution in [-0.4, -0.2) is 64.5 Å². The largest absolute Gasteiger partial charge is 0.469 e. The van der Waals surface area contributed by atoms with Crippen LogP contribution >= 0.6 is 0 Å². The first-order valence-corrected chi connectivity index (χ1v) is 15.5. The molecule has 1 fully saturated rings. The first-order valence-electron chi connectivity index (χ1n) is 15.5. The van der Waals surface area contributed by atoms with Gasteiger partial charge in [-0.15, -0.1) is 0 Å². The van der Waals surface area contributed by atoms with Crippen LogP contribution in [0.3, 0.4) is 0 Å². The Morgan fingerprint density at radius 1 is 0.722 bits per heavy atom. The van der Waals surface area contributed by atoms with Gasteiger partial charge in [0.05, 0.1) is 26.4 Å². The number of nitrogens with zero attached hydrogens (tertiary/aromatic N) is 1. The number of carbonyl (C=O) groups is 1. The van der Waals surface area contributed by atoms with Gasteiger partial charge in [-0.3, -0.25) is 4.79 Å². The predicted octanol–water partition coefficient (Wildman–Crippen LogP) is 7.80. The molecule has 0 aromatic rings. The third-order valence-electron chi connectivity index (χ3n) is 7.86. The lowest BCUT2D eigenvalue weighted by atomic mass is 10.0. The third kappa shape index (κ3) is 19.5. The molecule has 0 bridgehead atoms. The molecule has 0 N–H and O–H groups in total. The Bertz CT molecular complexity index is 499. The average Bonchev–Trinajstić information content (AvgIpc) is 3.62. The van der Waals surface area contributed by atoms with Crippen molar-refractivity contribution in [3.05, 3.63) is 0 Å². The summed E-state index contributed by atoms with van der Waals surface area (Å²) in [5.41, 5.74) is 0. The molecular formula is C31H61NO4.